The van der Waals surface area contributed by atoms with Crippen LogP contribution in [0.4, 0.5) is 0 Å². The third kappa shape index (κ3) is 10.0. The summed E-state index contributed by atoms with van der Waals surface area (Å²) in [5.41, 5.74) is 0. The summed E-state index contributed by atoms with van der Waals surface area (Å²) in [5, 5.41) is 7.65. The van der Waals surface area contributed by atoms with E-state index in [1.165, 1.54) is 11.3 Å². The lowest BCUT2D eigenvalue weighted by Gasteiger charge is -2.11. The molecule has 0 fully saturated rings. The van der Waals surface area contributed by atoms with Gasteiger partial charge in [0.25, 0.3) is 0 Å². The molecule has 0 amide bonds. The van der Waals surface area contributed by atoms with Gasteiger partial charge in [0.1, 0.15) is 0 Å². The van der Waals surface area contributed by atoms with Crippen molar-refractivity contribution in [2.45, 2.75) is 39.7 Å². The van der Waals surface area contributed by atoms with Gasteiger partial charge in [-0.25, -0.2) is 4.98 Å². The average molecular weight is 426 g/mol. The molecule has 0 atom stereocenters. The van der Waals surface area contributed by atoms with E-state index in [1.54, 1.807) is 18.4 Å². The second-order valence-corrected chi connectivity index (χ2v) is 5.84. The fraction of sp³-hybridized carbons (Fsp3) is 0.714. The van der Waals surface area contributed by atoms with Gasteiger partial charge in [-0.05, 0) is 19.8 Å². The van der Waals surface area contributed by atoms with E-state index in [4.69, 9.17) is 4.74 Å². The Bertz CT molecular complexity index is 398. The molecule has 7 heteroatoms. The van der Waals surface area contributed by atoms with Crippen molar-refractivity contribution in [3.05, 3.63) is 16.1 Å². The molecule has 1 aromatic heterocycles. The van der Waals surface area contributed by atoms with Crippen molar-refractivity contribution in [1.82, 2.24) is 15.6 Å². The zero-order chi connectivity index (χ0) is 14.6. The standard InChI is InChI=1S/C14H26N4OS.HI/c1-4-5-8-19-9-6-7-16-14(15-3)18-11-13-10-17-12(2)20-13;/h10H,4-9,11H2,1-3H3,(H2,15,16,18);1H. The van der Waals surface area contributed by atoms with Crippen molar-refractivity contribution in [1.29, 1.82) is 0 Å². The third-order valence-corrected chi connectivity index (χ3v) is 3.64. The number of thiazole rings is 1. The third-order valence-electron chi connectivity index (χ3n) is 2.72. The summed E-state index contributed by atoms with van der Waals surface area (Å²) in [6, 6.07) is 0. The number of hydrogen-bond acceptors (Lipinski definition) is 4. The van der Waals surface area contributed by atoms with Crippen LogP contribution in [0, 0.1) is 6.92 Å². The lowest BCUT2D eigenvalue weighted by Crippen LogP contribution is -2.37. The molecule has 0 saturated heterocycles. The predicted molar refractivity (Wildman–Crippen MR) is 101 cm³/mol. The fourth-order valence-electron chi connectivity index (χ4n) is 1.61. The number of guanidine groups is 1. The first-order chi connectivity index (χ1) is 9.76. The van der Waals surface area contributed by atoms with Crippen LogP contribution in [-0.2, 0) is 11.3 Å². The number of rotatable bonds is 9. The SMILES string of the molecule is CCCCOCCCNC(=NC)NCc1cnc(C)s1.I. The van der Waals surface area contributed by atoms with Gasteiger partial charge in [0.2, 0.25) is 0 Å². The number of nitrogens with zero attached hydrogens (tertiary/aromatic N) is 2. The van der Waals surface area contributed by atoms with Gasteiger partial charge in [-0.1, -0.05) is 13.3 Å². The molecule has 1 aromatic rings. The van der Waals surface area contributed by atoms with E-state index in [-0.39, 0.29) is 24.0 Å². The summed E-state index contributed by atoms with van der Waals surface area (Å²) in [4.78, 5) is 9.64. The summed E-state index contributed by atoms with van der Waals surface area (Å²) in [7, 11) is 1.78. The summed E-state index contributed by atoms with van der Waals surface area (Å²) in [6.45, 7) is 7.49. The molecule has 1 rings (SSSR count). The number of hydrogen-bond donors (Lipinski definition) is 2. The number of aliphatic imine (C=N–C) groups is 1. The maximum Gasteiger partial charge on any atom is 0.191 e. The normalized spacial score (nSPS) is 11.1. The Hall–Kier alpha value is -0.410. The molecule has 1 heterocycles. The fourth-order valence-corrected chi connectivity index (χ4v) is 2.34. The van der Waals surface area contributed by atoms with Gasteiger partial charge >= 0.3 is 0 Å². The van der Waals surface area contributed by atoms with Crippen LogP contribution in [0.3, 0.4) is 0 Å². The number of unbranched alkanes of at least 4 members (excludes halogenated alkanes) is 1. The molecule has 5 nitrogen and oxygen atoms in total. The first-order valence-electron chi connectivity index (χ1n) is 7.19. The van der Waals surface area contributed by atoms with E-state index >= 15 is 0 Å². The largest absolute Gasteiger partial charge is 0.381 e. The van der Waals surface area contributed by atoms with E-state index in [2.05, 4.69) is 27.5 Å². The minimum Gasteiger partial charge on any atom is -0.381 e. The molecular formula is C14H27IN4OS. The lowest BCUT2D eigenvalue weighted by molar-refractivity contribution is 0.129. The monoisotopic (exact) mass is 426 g/mol. The van der Waals surface area contributed by atoms with Gasteiger partial charge < -0.3 is 15.4 Å². The van der Waals surface area contributed by atoms with Crippen molar-refractivity contribution in [2.75, 3.05) is 26.8 Å². The maximum atomic E-state index is 5.51. The minimum absolute atomic E-state index is 0. The van der Waals surface area contributed by atoms with Crippen LogP contribution < -0.4 is 10.6 Å². The van der Waals surface area contributed by atoms with E-state index in [9.17, 15) is 0 Å². The molecule has 0 saturated carbocycles. The van der Waals surface area contributed by atoms with Crippen molar-refractivity contribution < 1.29 is 4.74 Å². The second-order valence-electron chi connectivity index (χ2n) is 4.52. The van der Waals surface area contributed by atoms with Crippen molar-refractivity contribution in [3.8, 4) is 0 Å². The summed E-state index contributed by atoms with van der Waals surface area (Å²) in [5.74, 6) is 0.824. The predicted octanol–water partition coefficient (Wildman–Crippen LogP) is 2.94. The second kappa shape index (κ2) is 13.3. The first-order valence-corrected chi connectivity index (χ1v) is 8.01. The topological polar surface area (TPSA) is 58.5 Å². The Morgan fingerprint density at radius 1 is 1.33 bits per heavy atom. The highest BCUT2D eigenvalue weighted by Crippen LogP contribution is 2.10. The highest BCUT2D eigenvalue weighted by atomic mass is 127. The van der Waals surface area contributed by atoms with Gasteiger partial charge in [-0.3, -0.25) is 4.99 Å². The van der Waals surface area contributed by atoms with Gasteiger partial charge in [0.15, 0.2) is 5.96 Å². The van der Waals surface area contributed by atoms with E-state index in [0.717, 1.165) is 50.1 Å². The number of aromatic nitrogens is 1. The molecule has 0 aliphatic rings. The molecule has 0 aromatic carbocycles. The first kappa shape index (κ1) is 20.6. The highest BCUT2D eigenvalue weighted by Gasteiger charge is 2.00. The molecular weight excluding hydrogens is 399 g/mol. The Morgan fingerprint density at radius 3 is 2.71 bits per heavy atom. The number of aryl methyl sites for hydroxylation is 1. The molecule has 0 unspecified atom stereocenters. The van der Waals surface area contributed by atoms with Crippen LogP contribution >= 0.6 is 35.3 Å². The molecule has 21 heavy (non-hydrogen) atoms. The quantitative estimate of drug-likeness (QED) is 0.276. The number of ether oxygens (including phenoxy) is 1. The number of halogens is 1. The summed E-state index contributed by atoms with van der Waals surface area (Å²) >= 11 is 1.70. The van der Waals surface area contributed by atoms with Gasteiger partial charge in [-0.2, -0.15) is 0 Å². The minimum atomic E-state index is 0. The smallest absolute Gasteiger partial charge is 0.191 e. The maximum absolute atomic E-state index is 5.51. The highest BCUT2D eigenvalue weighted by molar-refractivity contribution is 14.0. The Labute approximate surface area is 149 Å². The van der Waals surface area contributed by atoms with Crippen molar-refractivity contribution >= 4 is 41.3 Å². The Kier molecular flexibility index (Phi) is 13.0. The van der Waals surface area contributed by atoms with Crippen LogP contribution in [-0.4, -0.2) is 37.7 Å². The van der Waals surface area contributed by atoms with E-state index < -0.39 is 0 Å². The van der Waals surface area contributed by atoms with Gasteiger partial charge in [-0.15, -0.1) is 35.3 Å². The van der Waals surface area contributed by atoms with Crippen LogP contribution in [0.2, 0.25) is 0 Å². The van der Waals surface area contributed by atoms with Gasteiger partial charge in [0, 0.05) is 37.9 Å². The molecule has 0 radical (unpaired) electrons. The lowest BCUT2D eigenvalue weighted by atomic mass is 10.4. The van der Waals surface area contributed by atoms with Crippen LogP contribution in [0.5, 0.6) is 0 Å². The van der Waals surface area contributed by atoms with Crippen LogP contribution in [0.1, 0.15) is 36.1 Å². The van der Waals surface area contributed by atoms with E-state index in [0.29, 0.717) is 0 Å². The Morgan fingerprint density at radius 2 is 2.10 bits per heavy atom. The molecule has 122 valence electrons. The average Bonchev–Trinajstić information content (AvgIpc) is 2.87. The zero-order valence-electron chi connectivity index (χ0n) is 13.1. The number of nitrogens with one attached hydrogen (secondary N) is 2. The summed E-state index contributed by atoms with van der Waals surface area (Å²) < 4.78 is 5.51. The molecule has 0 aliphatic carbocycles. The van der Waals surface area contributed by atoms with Crippen molar-refractivity contribution in [2.24, 2.45) is 4.99 Å². The zero-order valence-corrected chi connectivity index (χ0v) is 16.3. The van der Waals surface area contributed by atoms with E-state index in [1.807, 2.05) is 13.1 Å². The molecule has 0 bridgehead atoms. The Balaban J connectivity index is 0.00000400. The van der Waals surface area contributed by atoms with Crippen LogP contribution in [0.25, 0.3) is 0 Å². The van der Waals surface area contributed by atoms with Crippen LogP contribution in [0.15, 0.2) is 11.2 Å². The molecule has 2 N–H and O–H groups in total. The summed E-state index contributed by atoms with van der Waals surface area (Å²) in [6.07, 6.45) is 5.22. The van der Waals surface area contributed by atoms with Gasteiger partial charge in [0.05, 0.1) is 11.6 Å². The molecule has 0 spiro atoms. The molecule has 0 aliphatic heterocycles. The van der Waals surface area contributed by atoms with Crippen molar-refractivity contribution in [3.63, 3.8) is 0 Å².